The fourth-order valence-electron chi connectivity index (χ4n) is 3.50. The lowest BCUT2D eigenvalue weighted by atomic mass is 10.2. The van der Waals surface area contributed by atoms with Crippen molar-refractivity contribution in [1.29, 1.82) is 0 Å². The van der Waals surface area contributed by atoms with Crippen LogP contribution in [0.5, 0.6) is 0 Å². The van der Waals surface area contributed by atoms with Gasteiger partial charge >= 0.3 is 0 Å². The lowest BCUT2D eigenvalue weighted by Gasteiger charge is -2.34. The van der Waals surface area contributed by atoms with Gasteiger partial charge in [0.15, 0.2) is 0 Å². The molecule has 32 heavy (non-hydrogen) atoms. The largest absolute Gasteiger partial charge is 0.339 e. The van der Waals surface area contributed by atoms with Gasteiger partial charge in [0.05, 0.1) is 17.2 Å². The predicted molar refractivity (Wildman–Crippen MR) is 122 cm³/mol. The molecular weight excluding hydrogens is 448 g/mol. The lowest BCUT2D eigenvalue weighted by molar-refractivity contribution is -0.129. The first-order valence-electron chi connectivity index (χ1n) is 10.2. The van der Waals surface area contributed by atoms with Crippen molar-refractivity contribution < 1.29 is 13.2 Å². The second-order valence-electron chi connectivity index (χ2n) is 7.52. The highest BCUT2D eigenvalue weighted by Gasteiger charge is 2.29. The van der Waals surface area contributed by atoms with Gasteiger partial charge in [0.25, 0.3) is 0 Å². The van der Waals surface area contributed by atoms with E-state index in [4.69, 9.17) is 0 Å². The topological polar surface area (TPSA) is 101 Å². The first kappa shape index (κ1) is 22.4. The Kier molecular flexibility index (Phi) is 6.87. The van der Waals surface area contributed by atoms with Crippen molar-refractivity contribution in [3.05, 3.63) is 65.7 Å². The molecule has 1 amide bonds. The van der Waals surface area contributed by atoms with E-state index in [0.717, 1.165) is 16.8 Å². The maximum atomic E-state index is 12.7. The van der Waals surface area contributed by atoms with Gasteiger partial charge in [-0.25, -0.2) is 8.42 Å². The van der Waals surface area contributed by atoms with Crippen LogP contribution in [0.15, 0.2) is 59.8 Å². The highest BCUT2D eigenvalue weighted by molar-refractivity contribution is 7.99. The molecule has 0 bridgehead atoms. The van der Waals surface area contributed by atoms with Crippen LogP contribution in [-0.4, -0.2) is 75.7 Å². The quantitative estimate of drug-likeness (QED) is 0.483. The van der Waals surface area contributed by atoms with Crippen molar-refractivity contribution in [2.45, 2.75) is 17.8 Å². The third-order valence-corrected chi connectivity index (χ3v) is 7.94. The van der Waals surface area contributed by atoms with Crippen molar-refractivity contribution in [3.63, 3.8) is 0 Å². The summed E-state index contributed by atoms with van der Waals surface area (Å²) in [6, 6.07) is 16.9. The molecule has 0 atom stereocenters. The Morgan fingerprint density at radius 2 is 1.78 bits per heavy atom. The summed E-state index contributed by atoms with van der Waals surface area (Å²) < 4.78 is 28.5. The Balaban J connectivity index is 1.31. The molecule has 1 aliphatic heterocycles. The van der Waals surface area contributed by atoms with Crippen LogP contribution in [0.3, 0.4) is 0 Å². The molecule has 0 saturated carbocycles. The third-order valence-electron chi connectivity index (χ3n) is 5.19. The molecule has 2 heterocycles. The molecule has 3 aromatic rings. The van der Waals surface area contributed by atoms with Crippen molar-refractivity contribution in [1.82, 2.24) is 29.4 Å². The number of sulfonamides is 1. The van der Waals surface area contributed by atoms with Gasteiger partial charge in [-0.15, -0.1) is 5.10 Å². The SMILES string of the molecule is Cc1cccc(-n2nnnc2SCC(=O)N2CCN(S(=O)(=O)Cc3ccccc3)CC2)c1. The standard InChI is InChI=1S/C21H24N6O3S2/c1-17-6-5-9-19(14-17)27-21(22-23-24-27)31-15-20(28)25-10-12-26(13-11-25)32(29,30)16-18-7-3-2-4-8-18/h2-9,14H,10-13,15-16H2,1H3. The normalized spacial score (nSPS) is 15.1. The number of hydrogen-bond acceptors (Lipinski definition) is 7. The maximum absolute atomic E-state index is 12.7. The number of rotatable bonds is 7. The number of aromatic nitrogens is 4. The molecule has 0 spiro atoms. The first-order valence-corrected chi connectivity index (χ1v) is 12.8. The first-order chi connectivity index (χ1) is 15.4. The minimum atomic E-state index is -3.41. The molecule has 11 heteroatoms. The average Bonchev–Trinajstić information content (AvgIpc) is 3.27. The van der Waals surface area contributed by atoms with Crippen molar-refractivity contribution >= 4 is 27.7 Å². The summed E-state index contributed by atoms with van der Waals surface area (Å²) in [7, 11) is -3.41. The smallest absolute Gasteiger partial charge is 0.233 e. The van der Waals surface area contributed by atoms with Crippen LogP contribution in [0, 0.1) is 6.92 Å². The Morgan fingerprint density at radius 3 is 2.50 bits per heavy atom. The Hall–Kier alpha value is -2.76. The van der Waals surface area contributed by atoms with E-state index in [-0.39, 0.29) is 17.4 Å². The van der Waals surface area contributed by atoms with Gasteiger partial charge in [0, 0.05) is 26.2 Å². The van der Waals surface area contributed by atoms with E-state index in [9.17, 15) is 13.2 Å². The van der Waals surface area contributed by atoms with Crippen LogP contribution in [0.25, 0.3) is 5.69 Å². The van der Waals surface area contributed by atoms with E-state index >= 15 is 0 Å². The fraction of sp³-hybridized carbons (Fsp3) is 0.333. The van der Waals surface area contributed by atoms with Gasteiger partial charge in [-0.3, -0.25) is 4.79 Å². The van der Waals surface area contributed by atoms with E-state index in [1.807, 2.05) is 49.4 Å². The summed E-state index contributed by atoms with van der Waals surface area (Å²) >= 11 is 1.27. The van der Waals surface area contributed by atoms with Crippen LogP contribution in [0.2, 0.25) is 0 Å². The number of benzene rings is 2. The minimum absolute atomic E-state index is 0.0285. The molecule has 1 fully saturated rings. The fourth-order valence-corrected chi connectivity index (χ4v) is 5.81. The van der Waals surface area contributed by atoms with Crippen molar-refractivity contribution in [2.75, 3.05) is 31.9 Å². The van der Waals surface area contributed by atoms with Gasteiger partial charge in [0.2, 0.25) is 21.1 Å². The van der Waals surface area contributed by atoms with Gasteiger partial charge in [-0.1, -0.05) is 54.2 Å². The molecule has 2 aromatic carbocycles. The summed E-state index contributed by atoms with van der Waals surface area (Å²) in [6.07, 6.45) is 0. The Labute approximate surface area is 191 Å². The molecule has 168 valence electrons. The number of amides is 1. The van der Waals surface area contributed by atoms with Crippen LogP contribution in [-0.2, 0) is 20.6 Å². The summed E-state index contributed by atoms with van der Waals surface area (Å²) in [5.74, 6) is 0.0938. The third kappa shape index (κ3) is 5.34. The number of carbonyl (C=O) groups excluding carboxylic acids is 1. The zero-order valence-electron chi connectivity index (χ0n) is 17.7. The number of tetrazole rings is 1. The van der Waals surface area contributed by atoms with Crippen LogP contribution in [0.4, 0.5) is 0 Å². The van der Waals surface area contributed by atoms with E-state index in [2.05, 4.69) is 15.5 Å². The summed E-state index contributed by atoms with van der Waals surface area (Å²) in [4.78, 5) is 14.4. The van der Waals surface area contributed by atoms with Crippen LogP contribution in [0.1, 0.15) is 11.1 Å². The maximum Gasteiger partial charge on any atom is 0.233 e. The predicted octanol–water partition coefficient (Wildman–Crippen LogP) is 1.74. The Bertz CT molecular complexity index is 1180. The second-order valence-corrected chi connectivity index (χ2v) is 10.4. The molecule has 1 aliphatic rings. The summed E-state index contributed by atoms with van der Waals surface area (Å²) in [5, 5.41) is 12.3. The molecule has 0 radical (unpaired) electrons. The lowest BCUT2D eigenvalue weighted by Crippen LogP contribution is -2.51. The molecule has 1 aromatic heterocycles. The minimum Gasteiger partial charge on any atom is -0.339 e. The molecule has 0 aliphatic carbocycles. The van der Waals surface area contributed by atoms with Gasteiger partial charge < -0.3 is 4.90 Å². The number of aryl methyl sites for hydroxylation is 1. The zero-order chi connectivity index (χ0) is 22.6. The molecule has 1 saturated heterocycles. The summed E-state index contributed by atoms with van der Waals surface area (Å²) in [6.45, 7) is 3.33. The molecule has 9 nitrogen and oxygen atoms in total. The molecule has 0 N–H and O–H groups in total. The van der Waals surface area contributed by atoms with E-state index < -0.39 is 10.0 Å². The van der Waals surface area contributed by atoms with Gasteiger partial charge in [0.1, 0.15) is 0 Å². The van der Waals surface area contributed by atoms with Crippen molar-refractivity contribution in [2.24, 2.45) is 0 Å². The van der Waals surface area contributed by atoms with Gasteiger partial charge in [-0.05, 0) is 40.6 Å². The highest BCUT2D eigenvalue weighted by Crippen LogP contribution is 2.20. The van der Waals surface area contributed by atoms with Gasteiger partial charge in [-0.2, -0.15) is 8.99 Å². The number of piperazine rings is 1. The highest BCUT2D eigenvalue weighted by atomic mass is 32.2. The Morgan fingerprint density at radius 1 is 1.03 bits per heavy atom. The molecule has 0 unspecified atom stereocenters. The zero-order valence-corrected chi connectivity index (χ0v) is 19.3. The van der Waals surface area contributed by atoms with E-state index in [1.165, 1.54) is 16.1 Å². The monoisotopic (exact) mass is 472 g/mol. The summed E-state index contributed by atoms with van der Waals surface area (Å²) in [5.41, 5.74) is 2.68. The number of thioether (sulfide) groups is 1. The molecular formula is C21H24N6O3S2. The average molecular weight is 473 g/mol. The van der Waals surface area contributed by atoms with E-state index in [0.29, 0.717) is 31.3 Å². The van der Waals surface area contributed by atoms with E-state index in [1.54, 1.807) is 21.7 Å². The van der Waals surface area contributed by atoms with Crippen LogP contribution >= 0.6 is 11.8 Å². The molecule has 4 rings (SSSR count). The van der Waals surface area contributed by atoms with Crippen LogP contribution < -0.4 is 0 Å². The van der Waals surface area contributed by atoms with Crippen molar-refractivity contribution in [3.8, 4) is 5.69 Å². The number of carbonyl (C=O) groups is 1. The second kappa shape index (κ2) is 9.80. The number of hydrogen-bond donors (Lipinski definition) is 0. The number of nitrogens with zero attached hydrogens (tertiary/aromatic N) is 6.